The van der Waals surface area contributed by atoms with Gasteiger partial charge in [0, 0.05) is 38.0 Å². The lowest BCUT2D eigenvalue weighted by Crippen LogP contribution is -2.17. The lowest BCUT2D eigenvalue weighted by Gasteiger charge is -2.20. The van der Waals surface area contributed by atoms with Crippen LogP contribution in [0.1, 0.15) is 5.56 Å². The summed E-state index contributed by atoms with van der Waals surface area (Å²) in [5.74, 6) is 0. The molecular formula is C15H17N3O2. The number of anilines is 2. The van der Waals surface area contributed by atoms with E-state index in [-0.39, 0.29) is 10.6 Å². The van der Waals surface area contributed by atoms with Gasteiger partial charge in [-0.2, -0.15) is 0 Å². The summed E-state index contributed by atoms with van der Waals surface area (Å²) in [6, 6.07) is 15.1. The lowest BCUT2D eigenvalue weighted by molar-refractivity contribution is -0.384. The molecule has 1 N–H and O–H groups in total. The Bertz CT molecular complexity index is 599. The van der Waals surface area contributed by atoms with Crippen LogP contribution in [-0.4, -0.2) is 19.0 Å². The monoisotopic (exact) mass is 271 g/mol. The minimum absolute atomic E-state index is 0.103. The second-order valence-electron chi connectivity index (χ2n) is 4.51. The van der Waals surface area contributed by atoms with Crippen LogP contribution in [0.5, 0.6) is 0 Å². The number of para-hydroxylation sites is 2. The third-order valence-corrected chi connectivity index (χ3v) is 3.18. The van der Waals surface area contributed by atoms with Gasteiger partial charge in [0.15, 0.2) is 0 Å². The molecule has 0 aliphatic carbocycles. The number of nitro benzene ring substituents is 1. The van der Waals surface area contributed by atoms with Crippen LogP contribution in [0.3, 0.4) is 0 Å². The number of benzene rings is 2. The summed E-state index contributed by atoms with van der Waals surface area (Å²) in [6.07, 6.45) is 0. The van der Waals surface area contributed by atoms with Crippen molar-refractivity contribution in [3.8, 4) is 0 Å². The van der Waals surface area contributed by atoms with Gasteiger partial charge in [0.05, 0.1) is 4.92 Å². The predicted molar refractivity (Wildman–Crippen MR) is 81.2 cm³/mol. The molecule has 0 radical (unpaired) electrons. The molecule has 2 rings (SSSR count). The number of rotatable bonds is 5. The molecule has 2 aromatic rings. The summed E-state index contributed by atoms with van der Waals surface area (Å²) in [5, 5.41) is 14.0. The molecule has 5 nitrogen and oxygen atoms in total. The molecule has 0 aromatic heterocycles. The van der Waals surface area contributed by atoms with Crippen molar-refractivity contribution >= 4 is 17.1 Å². The van der Waals surface area contributed by atoms with E-state index in [9.17, 15) is 10.1 Å². The number of nitrogens with zero attached hydrogens (tertiary/aromatic N) is 2. The average molecular weight is 271 g/mol. The number of nitro groups is 1. The maximum atomic E-state index is 11.0. The molecule has 0 aliphatic rings. The van der Waals surface area contributed by atoms with Gasteiger partial charge < -0.3 is 10.2 Å². The molecule has 0 amide bonds. The van der Waals surface area contributed by atoms with Crippen LogP contribution in [0.25, 0.3) is 0 Å². The zero-order chi connectivity index (χ0) is 14.5. The van der Waals surface area contributed by atoms with E-state index < -0.39 is 0 Å². The van der Waals surface area contributed by atoms with Gasteiger partial charge in [0.1, 0.15) is 5.69 Å². The van der Waals surface area contributed by atoms with Crippen molar-refractivity contribution in [1.29, 1.82) is 0 Å². The lowest BCUT2D eigenvalue weighted by atomic mass is 10.1. The van der Waals surface area contributed by atoms with Crippen molar-refractivity contribution in [2.24, 2.45) is 0 Å². The van der Waals surface area contributed by atoms with E-state index >= 15 is 0 Å². The minimum Gasteiger partial charge on any atom is -0.382 e. The van der Waals surface area contributed by atoms with E-state index in [4.69, 9.17) is 0 Å². The molecule has 0 unspecified atom stereocenters. The fourth-order valence-electron chi connectivity index (χ4n) is 2.19. The smallest absolute Gasteiger partial charge is 0.292 e. The maximum Gasteiger partial charge on any atom is 0.292 e. The van der Waals surface area contributed by atoms with Gasteiger partial charge in [-0.15, -0.1) is 0 Å². The quantitative estimate of drug-likeness (QED) is 0.669. The van der Waals surface area contributed by atoms with E-state index in [1.807, 2.05) is 43.4 Å². The fourth-order valence-corrected chi connectivity index (χ4v) is 2.19. The summed E-state index contributed by atoms with van der Waals surface area (Å²) in [7, 11) is 3.67. The molecule has 0 heterocycles. The Kier molecular flexibility index (Phi) is 4.20. The molecule has 0 spiro atoms. The first-order chi connectivity index (χ1) is 9.63. The van der Waals surface area contributed by atoms with Crippen LogP contribution in [0, 0.1) is 10.1 Å². The highest BCUT2D eigenvalue weighted by Crippen LogP contribution is 2.29. The molecule has 5 heteroatoms. The predicted octanol–water partition coefficient (Wildman–Crippen LogP) is 3.27. The standard InChI is InChI=1S/C15H17N3O2/c1-16-15-12(7-6-10-14(15)18(19)20)11-17(2)13-8-4-3-5-9-13/h3-10,16H,11H2,1-2H3. The Labute approximate surface area is 118 Å². The molecule has 104 valence electrons. The van der Waals surface area contributed by atoms with E-state index in [2.05, 4.69) is 10.2 Å². The van der Waals surface area contributed by atoms with Crippen LogP contribution >= 0.6 is 0 Å². The molecule has 2 aromatic carbocycles. The highest BCUT2D eigenvalue weighted by molar-refractivity contribution is 5.67. The molecule has 20 heavy (non-hydrogen) atoms. The largest absolute Gasteiger partial charge is 0.382 e. The molecule has 0 saturated carbocycles. The Hall–Kier alpha value is -2.56. The Morgan fingerprint density at radius 2 is 1.85 bits per heavy atom. The van der Waals surface area contributed by atoms with Gasteiger partial charge >= 0.3 is 0 Å². The van der Waals surface area contributed by atoms with Crippen LogP contribution < -0.4 is 10.2 Å². The van der Waals surface area contributed by atoms with Crippen molar-refractivity contribution in [2.75, 3.05) is 24.3 Å². The topological polar surface area (TPSA) is 58.4 Å². The van der Waals surface area contributed by atoms with Gasteiger partial charge in [0.2, 0.25) is 0 Å². The second kappa shape index (κ2) is 6.06. The minimum atomic E-state index is -0.363. The summed E-state index contributed by atoms with van der Waals surface area (Å²) in [4.78, 5) is 12.7. The molecule has 0 saturated heterocycles. The number of hydrogen-bond donors (Lipinski definition) is 1. The zero-order valence-corrected chi connectivity index (χ0v) is 11.5. The van der Waals surface area contributed by atoms with Gasteiger partial charge in [-0.1, -0.05) is 30.3 Å². The van der Waals surface area contributed by atoms with E-state index in [0.717, 1.165) is 11.3 Å². The molecule has 0 atom stereocenters. The fraction of sp³-hybridized carbons (Fsp3) is 0.200. The summed E-state index contributed by atoms with van der Waals surface area (Å²) in [5.41, 5.74) is 2.64. The van der Waals surface area contributed by atoms with Crippen molar-refractivity contribution < 1.29 is 4.92 Å². The SMILES string of the molecule is CNc1c(CN(C)c2ccccc2)cccc1[N+](=O)[O-]. The molecule has 0 aliphatic heterocycles. The Balaban J connectivity index is 2.30. The van der Waals surface area contributed by atoms with Crippen molar-refractivity contribution in [3.63, 3.8) is 0 Å². The Morgan fingerprint density at radius 1 is 1.15 bits per heavy atom. The van der Waals surface area contributed by atoms with Crippen LogP contribution in [-0.2, 0) is 6.54 Å². The normalized spacial score (nSPS) is 10.1. The first-order valence-corrected chi connectivity index (χ1v) is 6.33. The number of nitrogens with one attached hydrogen (secondary N) is 1. The second-order valence-corrected chi connectivity index (χ2v) is 4.51. The van der Waals surface area contributed by atoms with Crippen LogP contribution in [0.15, 0.2) is 48.5 Å². The van der Waals surface area contributed by atoms with E-state index in [1.165, 1.54) is 6.07 Å². The van der Waals surface area contributed by atoms with Crippen molar-refractivity contribution in [3.05, 3.63) is 64.2 Å². The van der Waals surface area contributed by atoms with Gasteiger partial charge in [-0.25, -0.2) is 0 Å². The van der Waals surface area contributed by atoms with Crippen LogP contribution in [0.4, 0.5) is 17.1 Å². The zero-order valence-electron chi connectivity index (χ0n) is 11.5. The van der Waals surface area contributed by atoms with Crippen LogP contribution in [0.2, 0.25) is 0 Å². The molecule has 0 fully saturated rings. The average Bonchev–Trinajstić information content (AvgIpc) is 2.47. The van der Waals surface area contributed by atoms with E-state index in [1.54, 1.807) is 13.1 Å². The van der Waals surface area contributed by atoms with Gasteiger partial charge in [-0.3, -0.25) is 10.1 Å². The Morgan fingerprint density at radius 3 is 2.45 bits per heavy atom. The number of hydrogen-bond acceptors (Lipinski definition) is 4. The first-order valence-electron chi connectivity index (χ1n) is 6.33. The molecular weight excluding hydrogens is 254 g/mol. The first kappa shape index (κ1) is 13.9. The van der Waals surface area contributed by atoms with Crippen molar-refractivity contribution in [2.45, 2.75) is 6.54 Å². The highest BCUT2D eigenvalue weighted by atomic mass is 16.6. The van der Waals surface area contributed by atoms with Gasteiger partial charge in [-0.05, 0) is 12.1 Å². The third kappa shape index (κ3) is 2.88. The summed E-state index contributed by atoms with van der Waals surface area (Å²) in [6.45, 7) is 0.599. The van der Waals surface area contributed by atoms with E-state index in [0.29, 0.717) is 12.2 Å². The third-order valence-electron chi connectivity index (χ3n) is 3.18. The summed E-state index contributed by atoms with van der Waals surface area (Å²) >= 11 is 0. The van der Waals surface area contributed by atoms with Gasteiger partial charge in [0.25, 0.3) is 5.69 Å². The molecule has 0 bridgehead atoms. The van der Waals surface area contributed by atoms with Crippen molar-refractivity contribution in [1.82, 2.24) is 0 Å². The maximum absolute atomic E-state index is 11.0. The summed E-state index contributed by atoms with van der Waals surface area (Å²) < 4.78 is 0. The highest BCUT2D eigenvalue weighted by Gasteiger charge is 2.16.